The molecule has 1 spiro atoms. The van der Waals surface area contributed by atoms with Crippen molar-refractivity contribution in [2.45, 2.75) is 51.6 Å². The summed E-state index contributed by atoms with van der Waals surface area (Å²) in [6.45, 7) is 10.1. The molecule has 1 atom stereocenters. The zero-order chi connectivity index (χ0) is 10.5. The van der Waals surface area contributed by atoms with Gasteiger partial charge >= 0.3 is 0 Å². The lowest BCUT2D eigenvalue weighted by molar-refractivity contribution is -0.0808. The molecule has 2 nitrogen and oxygen atoms in total. The summed E-state index contributed by atoms with van der Waals surface area (Å²) in [4.78, 5) is 5.39. The van der Waals surface area contributed by atoms with Crippen LogP contribution in [0.25, 0.3) is 0 Å². The van der Waals surface area contributed by atoms with E-state index < -0.39 is 0 Å². The van der Waals surface area contributed by atoms with Gasteiger partial charge in [-0.05, 0) is 38.5 Å². The molecule has 2 aliphatic heterocycles. The summed E-state index contributed by atoms with van der Waals surface area (Å²) in [7, 11) is 0. The zero-order valence-electron chi connectivity index (χ0n) is 10.2. The lowest BCUT2D eigenvalue weighted by Crippen LogP contribution is -2.63. The minimum atomic E-state index is 0.744. The van der Waals surface area contributed by atoms with E-state index in [2.05, 4.69) is 23.6 Å². The molecule has 1 saturated carbocycles. The summed E-state index contributed by atoms with van der Waals surface area (Å²) >= 11 is 0. The van der Waals surface area contributed by atoms with Gasteiger partial charge in [-0.3, -0.25) is 9.80 Å². The van der Waals surface area contributed by atoms with Gasteiger partial charge in [-0.25, -0.2) is 0 Å². The monoisotopic (exact) mass is 208 g/mol. The highest BCUT2D eigenvalue weighted by molar-refractivity contribution is 5.03. The molecule has 0 bridgehead atoms. The lowest BCUT2D eigenvalue weighted by Gasteiger charge is -2.58. The fourth-order valence-corrected chi connectivity index (χ4v) is 3.60. The second-order valence-corrected chi connectivity index (χ2v) is 6.29. The number of rotatable bonds is 2. The molecule has 3 aliphatic rings. The minimum Gasteiger partial charge on any atom is -0.299 e. The Bertz CT molecular complexity index is 237. The van der Waals surface area contributed by atoms with Crippen LogP contribution in [0.15, 0.2) is 0 Å². The maximum Gasteiger partial charge on any atom is 0.0235 e. The topological polar surface area (TPSA) is 6.48 Å². The van der Waals surface area contributed by atoms with Gasteiger partial charge in [-0.15, -0.1) is 0 Å². The van der Waals surface area contributed by atoms with E-state index in [0.29, 0.717) is 0 Å². The molecule has 2 heteroatoms. The van der Waals surface area contributed by atoms with Gasteiger partial charge in [0.15, 0.2) is 0 Å². The first kappa shape index (κ1) is 10.1. The van der Waals surface area contributed by atoms with Crippen LogP contribution in [0.1, 0.15) is 39.5 Å². The van der Waals surface area contributed by atoms with Crippen molar-refractivity contribution in [3.63, 3.8) is 0 Å². The van der Waals surface area contributed by atoms with Crippen molar-refractivity contribution in [3.05, 3.63) is 0 Å². The Kier molecular flexibility index (Phi) is 2.33. The second-order valence-electron chi connectivity index (χ2n) is 6.29. The van der Waals surface area contributed by atoms with Crippen molar-refractivity contribution in [3.8, 4) is 0 Å². The maximum atomic E-state index is 2.75. The fourth-order valence-electron chi connectivity index (χ4n) is 3.60. The first-order valence-electron chi connectivity index (χ1n) is 6.67. The number of hydrogen-bond donors (Lipinski definition) is 0. The van der Waals surface area contributed by atoms with Crippen LogP contribution in [-0.2, 0) is 0 Å². The van der Waals surface area contributed by atoms with E-state index in [4.69, 9.17) is 0 Å². The van der Waals surface area contributed by atoms with Crippen LogP contribution < -0.4 is 0 Å². The summed E-state index contributed by atoms with van der Waals surface area (Å²) < 4.78 is 0. The van der Waals surface area contributed by atoms with Crippen molar-refractivity contribution in [1.29, 1.82) is 0 Å². The van der Waals surface area contributed by atoms with Gasteiger partial charge in [0.1, 0.15) is 0 Å². The minimum absolute atomic E-state index is 0.744. The summed E-state index contributed by atoms with van der Waals surface area (Å²) in [5.41, 5.74) is 0.811. The highest BCUT2D eigenvalue weighted by Gasteiger charge is 2.49. The van der Waals surface area contributed by atoms with E-state index in [-0.39, 0.29) is 0 Å². The first-order chi connectivity index (χ1) is 7.19. The van der Waals surface area contributed by atoms with Crippen molar-refractivity contribution in [1.82, 2.24) is 9.80 Å². The molecule has 3 rings (SSSR count). The third-order valence-corrected chi connectivity index (χ3v) is 4.93. The van der Waals surface area contributed by atoms with Gasteiger partial charge in [0.25, 0.3) is 0 Å². The zero-order valence-corrected chi connectivity index (χ0v) is 10.2. The van der Waals surface area contributed by atoms with Crippen LogP contribution in [0.2, 0.25) is 0 Å². The predicted molar refractivity (Wildman–Crippen MR) is 63.0 cm³/mol. The Balaban J connectivity index is 1.50. The molecule has 86 valence electrons. The van der Waals surface area contributed by atoms with Gasteiger partial charge in [0, 0.05) is 38.3 Å². The van der Waals surface area contributed by atoms with Gasteiger partial charge in [0.05, 0.1) is 0 Å². The van der Waals surface area contributed by atoms with E-state index in [1.54, 1.807) is 0 Å². The normalized spacial score (nSPS) is 35.8. The average Bonchev–Trinajstić information content (AvgIpc) is 2.47. The third kappa shape index (κ3) is 1.62. The molecule has 2 heterocycles. The Morgan fingerprint density at radius 3 is 2.40 bits per heavy atom. The Labute approximate surface area is 93.6 Å². The molecular weight excluding hydrogens is 184 g/mol. The Morgan fingerprint density at radius 2 is 1.93 bits per heavy atom. The first-order valence-corrected chi connectivity index (χ1v) is 6.67. The molecule has 15 heavy (non-hydrogen) atoms. The summed E-state index contributed by atoms with van der Waals surface area (Å²) in [6, 6.07) is 1.63. The van der Waals surface area contributed by atoms with Gasteiger partial charge in [-0.1, -0.05) is 6.42 Å². The molecule has 0 amide bonds. The van der Waals surface area contributed by atoms with Gasteiger partial charge in [0.2, 0.25) is 0 Å². The number of likely N-dealkylation sites (tertiary alicyclic amines) is 2. The van der Waals surface area contributed by atoms with E-state index in [9.17, 15) is 0 Å². The molecule has 1 aliphatic carbocycles. The molecule has 0 radical (unpaired) electrons. The second kappa shape index (κ2) is 3.46. The SMILES string of the molecule is CC(C)N1CCC(N2CC3(CCC3)C2)C1. The Morgan fingerprint density at radius 1 is 1.20 bits per heavy atom. The smallest absolute Gasteiger partial charge is 0.0235 e. The van der Waals surface area contributed by atoms with Crippen molar-refractivity contribution in [2.75, 3.05) is 26.2 Å². The molecule has 3 fully saturated rings. The molecule has 2 saturated heterocycles. The quantitative estimate of drug-likeness (QED) is 0.684. The van der Waals surface area contributed by atoms with Gasteiger partial charge in [-0.2, -0.15) is 0 Å². The van der Waals surface area contributed by atoms with Crippen molar-refractivity contribution in [2.24, 2.45) is 5.41 Å². The third-order valence-electron chi connectivity index (χ3n) is 4.93. The number of hydrogen-bond acceptors (Lipinski definition) is 2. The van der Waals surface area contributed by atoms with Crippen LogP contribution in [0.4, 0.5) is 0 Å². The van der Waals surface area contributed by atoms with E-state index in [1.807, 2.05) is 0 Å². The van der Waals surface area contributed by atoms with Crippen LogP contribution in [-0.4, -0.2) is 48.1 Å². The molecule has 0 aromatic carbocycles. The summed E-state index contributed by atoms with van der Waals surface area (Å²) in [6.07, 6.45) is 5.94. The highest BCUT2D eigenvalue weighted by atomic mass is 15.3. The summed E-state index contributed by atoms with van der Waals surface area (Å²) in [5, 5.41) is 0. The number of nitrogens with zero attached hydrogens (tertiary/aromatic N) is 2. The van der Waals surface area contributed by atoms with Crippen LogP contribution in [0, 0.1) is 5.41 Å². The van der Waals surface area contributed by atoms with E-state index in [0.717, 1.165) is 17.5 Å². The van der Waals surface area contributed by atoms with Gasteiger partial charge < -0.3 is 0 Å². The van der Waals surface area contributed by atoms with E-state index in [1.165, 1.54) is 51.9 Å². The molecule has 0 aromatic rings. The molecular formula is C13H24N2. The lowest BCUT2D eigenvalue weighted by atomic mass is 9.63. The summed E-state index contributed by atoms with van der Waals surface area (Å²) in [5.74, 6) is 0. The standard InChI is InChI=1S/C13H24N2/c1-11(2)14-7-4-12(8-14)15-9-13(10-15)5-3-6-13/h11-12H,3-10H2,1-2H3. The van der Waals surface area contributed by atoms with Crippen molar-refractivity contribution >= 4 is 0 Å². The highest BCUT2D eigenvalue weighted by Crippen LogP contribution is 2.49. The van der Waals surface area contributed by atoms with Crippen molar-refractivity contribution < 1.29 is 0 Å². The van der Waals surface area contributed by atoms with Crippen LogP contribution in [0.5, 0.6) is 0 Å². The average molecular weight is 208 g/mol. The molecule has 0 N–H and O–H groups in total. The Hall–Kier alpha value is -0.0800. The molecule has 0 aromatic heterocycles. The van der Waals surface area contributed by atoms with Crippen LogP contribution >= 0.6 is 0 Å². The van der Waals surface area contributed by atoms with E-state index >= 15 is 0 Å². The maximum absolute atomic E-state index is 2.75. The largest absolute Gasteiger partial charge is 0.299 e. The predicted octanol–water partition coefficient (Wildman–Crippen LogP) is 1.95. The molecule has 1 unspecified atom stereocenters. The fraction of sp³-hybridized carbons (Fsp3) is 1.00. The van der Waals surface area contributed by atoms with Crippen LogP contribution in [0.3, 0.4) is 0 Å².